The van der Waals surface area contributed by atoms with E-state index in [1.54, 1.807) is 24.3 Å². The minimum absolute atomic E-state index is 0.101. The first-order valence-electron chi connectivity index (χ1n) is 6.35. The third-order valence-electron chi connectivity index (χ3n) is 2.78. The molecular formula is C16H14ClFO2. The summed E-state index contributed by atoms with van der Waals surface area (Å²) < 4.78 is 19.1. The van der Waals surface area contributed by atoms with E-state index in [1.165, 1.54) is 18.2 Å². The lowest BCUT2D eigenvalue weighted by molar-refractivity contribution is 0.103. The van der Waals surface area contributed by atoms with Gasteiger partial charge < -0.3 is 4.74 Å². The molecule has 0 spiro atoms. The first kappa shape index (κ1) is 14.5. The smallest absolute Gasteiger partial charge is 0.197 e. The molecule has 0 saturated carbocycles. The monoisotopic (exact) mass is 292 g/mol. The molecule has 0 saturated heterocycles. The van der Waals surface area contributed by atoms with Gasteiger partial charge in [-0.2, -0.15) is 0 Å². The van der Waals surface area contributed by atoms with Crippen LogP contribution in [0.25, 0.3) is 0 Å². The van der Waals surface area contributed by atoms with Crippen molar-refractivity contribution in [3.8, 4) is 5.75 Å². The van der Waals surface area contributed by atoms with Crippen LogP contribution in [0.15, 0.2) is 42.5 Å². The Bertz CT molecular complexity index is 588. The first-order chi connectivity index (χ1) is 9.63. The molecule has 0 aliphatic heterocycles. The zero-order valence-electron chi connectivity index (χ0n) is 11.0. The molecule has 2 rings (SSSR count). The zero-order valence-corrected chi connectivity index (χ0v) is 11.8. The summed E-state index contributed by atoms with van der Waals surface area (Å²) in [6, 6.07) is 10.8. The highest BCUT2D eigenvalue weighted by Crippen LogP contribution is 2.23. The fourth-order valence-corrected chi connectivity index (χ4v) is 2.03. The second-order valence-electron chi connectivity index (χ2n) is 4.30. The van der Waals surface area contributed by atoms with E-state index in [1.807, 2.05) is 6.92 Å². The number of ketones is 1. The average molecular weight is 293 g/mol. The maximum absolute atomic E-state index is 13.7. The van der Waals surface area contributed by atoms with E-state index >= 15 is 0 Å². The lowest BCUT2D eigenvalue weighted by Gasteiger charge is -2.07. The SMILES string of the molecule is CCCOc1ccc(C(=O)c2c(F)cccc2Cl)cc1. The second-order valence-corrected chi connectivity index (χ2v) is 4.71. The molecule has 2 aromatic rings. The van der Waals surface area contributed by atoms with E-state index < -0.39 is 11.6 Å². The van der Waals surface area contributed by atoms with Gasteiger partial charge in [0.25, 0.3) is 0 Å². The Morgan fingerprint density at radius 2 is 1.90 bits per heavy atom. The normalized spacial score (nSPS) is 10.3. The number of halogens is 2. The zero-order chi connectivity index (χ0) is 14.5. The van der Waals surface area contributed by atoms with E-state index in [4.69, 9.17) is 16.3 Å². The molecule has 0 aliphatic rings. The van der Waals surface area contributed by atoms with Crippen LogP contribution < -0.4 is 4.74 Å². The summed E-state index contributed by atoms with van der Waals surface area (Å²) in [7, 11) is 0. The van der Waals surface area contributed by atoms with Crippen LogP contribution in [0.5, 0.6) is 5.75 Å². The molecular weight excluding hydrogens is 279 g/mol. The van der Waals surface area contributed by atoms with Gasteiger partial charge in [-0.15, -0.1) is 0 Å². The summed E-state index contributed by atoms with van der Waals surface area (Å²) >= 11 is 5.89. The maximum atomic E-state index is 13.7. The largest absolute Gasteiger partial charge is 0.494 e. The van der Waals surface area contributed by atoms with Crippen LogP contribution in [0, 0.1) is 5.82 Å². The van der Waals surface area contributed by atoms with Crippen molar-refractivity contribution in [2.24, 2.45) is 0 Å². The van der Waals surface area contributed by atoms with Crippen LogP contribution in [0.2, 0.25) is 5.02 Å². The molecule has 2 aromatic carbocycles. The number of hydrogen-bond donors (Lipinski definition) is 0. The molecule has 104 valence electrons. The summed E-state index contributed by atoms with van der Waals surface area (Å²) in [5.41, 5.74) is 0.275. The lowest BCUT2D eigenvalue weighted by atomic mass is 10.0. The molecule has 20 heavy (non-hydrogen) atoms. The Morgan fingerprint density at radius 3 is 2.50 bits per heavy atom. The third-order valence-corrected chi connectivity index (χ3v) is 3.09. The molecule has 0 aliphatic carbocycles. The van der Waals surface area contributed by atoms with Gasteiger partial charge in [-0.1, -0.05) is 24.6 Å². The number of hydrogen-bond acceptors (Lipinski definition) is 2. The van der Waals surface area contributed by atoms with Crippen molar-refractivity contribution >= 4 is 17.4 Å². The fourth-order valence-electron chi connectivity index (χ4n) is 1.78. The predicted octanol–water partition coefficient (Wildman–Crippen LogP) is 4.50. The Hall–Kier alpha value is -1.87. The van der Waals surface area contributed by atoms with Crippen LogP contribution in [0.3, 0.4) is 0 Å². The van der Waals surface area contributed by atoms with Gasteiger partial charge in [0.1, 0.15) is 11.6 Å². The van der Waals surface area contributed by atoms with Crippen LogP contribution in [0.4, 0.5) is 4.39 Å². The van der Waals surface area contributed by atoms with E-state index in [9.17, 15) is 9.18 Å². The first-order valence-corrected chi connectivity index (χ1v) is 6.73. The number of rotatable bonds is 5. The molecule has 4 heteroatoms. The third kappa shape index (κ3) is 3.17. The minimum Gasteiger partial charge on any atom is -0.494 e. The van der Waals surface area contributed by atoms with E-state index in [2.05, 4.69) is 0 Å². The minimum atomic E-state index is -0.617. The van der Waals surface area contributed by atoms with Gasteiger partial charge in [-0.05, 0) is 42.8 Å². The molecule has 0 aromatic heterocycles. The molecule has 2 nitrogen and oxygen atoms in total. The quantitative estimate of drug-likeness (QED) is 0.759. The summed E-state index contributed by atoms with van der Waals surface area (Å²) in [6.07, 6.45) is 0.908. The number of benzene rings is 2. The standard InChI is InChI=1S/C16H14ClFO2/c1-2-10-20-12-8-6-11(7-9-12)16(19)15-13(17)4-3-5-14(15)18/h3-9H,2,10H2,1H3. The van der Waals surface area contributed by atoms with Gasteiger partial charge in [-0.25, -0.2) is 4.39 Å². The second kappa shape index (κ2) is 6.53. The van der Waals surface area contributed by atoms with E-state index in [0.717, 1.165) is 6.42 Å². The summed E-state index contributed by atoms with van der Waals surface area (Å²) in [6.45, 7) is 2.63. The summed E-state index contributed by atoms with van der Waals surface area (Å²) in [5.74, 6) is -0.369. The van der Waals surface area contributed by atoms with Crippen molar-refractivity contribution in [3.63, 3.8) is 0 Å². The fraction of sp³-hybridized carbons (Fsp3) is 0.188. The van der Waals surface area contributed by atoms with Gasteiger partial charge in [-0.3, -0.25) is 4.79 Å². The predicted molar refractivity (Wildman–Crippen MR) is 77.1 cm³/mol. The summed E-state index contributed by atoms with van der Waals surface area (Å²) in [5, 5.41) is 0.112. The van der Waals surface area contributed by atoms with E-state index in [0.29, 0.717) is 17.9 Å². The van der Waals surface area contributed by atoms with Crippen molar-refractivity contribution in [2.75, 3.05) is 6.61 Å². The Labute approximate surface area is 122 Å². The van der Waals surface area contributed by atoms with E-state index in [-0.39, 0.29) is 10.6 Å². The van der Waals surface area contributed by atoms with Crippen molar-refractivity contribution in [2.45, 2.75) is 13.3 Å². The Morgan fingerprint density at radius 1 is 1.20 bits per heavy atom. The molecule has 0 unspecified atom stereocenters. The number of carbonyl (C=O) groups is 1. The topological polar surface area (TPSA) is 26.3 Å². The maximum Gasteiger partial charge on any atom is 0.197 e. The number of carbonyl (C=O) groups excluding carboxylic acids is 1. The van der Waals surface area contributed by atoms with Crippen molar-refractivity contribution in [3.05, 3.63) is 64.4 Å². The molecule has 0 N–H and O–H groups in total. The van der Waals surface area contributed by atoms with Crippen molar-refractivity contribution in [1.29, 1.82) is 0 Å². The van der Waals surface area contributed by atoms with Crippen LogP contribution >= 0.6 is 11.6 Å². The molecule has 0 bridgehead atoms. The molecule has 0 radical (unpaired) electrons. The highest BCUT2D eigenvalue weighted by atomic mass is 35.5. The number of ether oxygens (including phenoxy) is 1. The van der Waals surface area contributed by atoms with Crippen molar-refractivity contribution in [1.82, 2.24) is 0 Å². The summed E-state index contributed by atoms with van der Waals surface area (Å²) in [4.78, 5) is 12.2. The Kier molecular flexibility index (Phi) is 4.74. The lowest BCUT2D eigenvalue weighted by Crippen LogP contribution is -2.05. The van der Waals surface area contributed by atoms with Gasteiger partial charge in [0.05, 0.1) is 17.2 Å². The van der Waals surface area contributed by atoms with Crippen molar-refractivity contribution < 1.29 is 13.9 Å². The van der Waals surface area contributed by atoms with Gasteiger partial charge in [0.2, 0.25) is 0 Å². The highest BCUT2D eigenvalue weighted by Gasteiger charge is 2.17. The molecule has 0 heterocycles. The molecule has 0 amide bonds. The van der Waals surface area contributed by atoms with Crippen LogP contribution in [-0.4, -0.2) is 12.4 Å². The van der Waals surface area contributed by atoms with Crippen LogP contribution in [0.1, 0.15) is 29.3 Å². The average Bonchev–Trinajstić information content (AvgIpc) is 2.45. The molecule has 0 atom stereocenters. The van der Waals surface area contributed by atoms with Crippen LogP contribution in [-0.2, 0) is 0 Å². The highest BCUT2D eigenvalue weighted by molar-refractivity contribution is 6.35. The van der Waals surface area contributed by atoms with Gasteiger partial charge in [0, 0.05) is 5.56 Å². The Balaban J connectivity index is 2.25. The van der Waals surface area contributed by atoms with Gasteiger partial charge in [0.15, 0.2) is 5.78 Å². The molecule has 0 fully saturated rings. The van der Waals surface area contributed by atoms with Gasteiger partial charge >= 0.3 is 0 Å².